The number of ether oxygens (including phenoxy) is 1. The Bertz CT molecular complexity index is 529. The van der Waals surface area contributed by atoms with Gasteiger partial charge in [-0.1, -0.05) is 0 Å². The van der Waals surface area contributed by atoms with Crippen LogP contribution >= 0.6 is 11.3 Å². The maximum Gasteiger partial charge on any atom is 0.125 e. The van der Waals surface area contributed by atoms with E-state index in [1.165, 1.54) is 5.56 Å². The van der Waals surface area contributed by atoms with Crippen LogP contribution in [0.3, 0.4) is 0 Å². The summed E-state index contributed by atoms with van der Waals surface area (Å²) in [7, 11) is 0. The molecular formula is C14H17N3OS. The molecule has 19 heavy (non-hydrogen) atoms. The van der Waals surface area contributed by atoms with Gasteiger partial charge in [0, 0.05) is 25.8 Å². The van der Waals surface area contributed by atoms with Gasteiger partial charge < -0.3 is 4.74 Å². The van der Waals surface area contributed by atoms with Gasteiger partial charge in [0.05, 0.1) is 12.3 Å². The molecule has 3 heterocycles. The molecule has 0 radical (unpaired) electrons. The Balaban J connectivity index is 1.67. The number of aromatic nitrogens is 2. The third kappa shape index (κ3) is 3.18. The normalized spacial score (nSPS) is 20.6. The summed E-state index contributed by atoms with van der Waals surface area (Å²) in [4.78, 5) is 11.0. The van der Waals surface area contributed by atoms with Gasteiger partial charge in [-0.15, -0.1) is 0 Å². The Hall–Kier alpha value is -1.30. The van der Waals surface area contributed by atoms with Gasteiger partial charge >= 0.3 is 0 Å². The molecule has 0 aliphatic carbocycles. The molecule has 5 heteroatoms. The van der Waals surface area contributed by atoms with Crippen molar-refractivity contribution in [2.75, 3.05) is 19.7 Å². The van der Waals surface area contributed by atoms with Crippen LogP contribution in [0, 0.1) is 6.92 Å². The lowest BCUT2D eigenvalue weighted by molar-refractivity contribution is -0.0350. The highest BCUT2D eigenvalue weighted by molar-refractivity contribution is 7.07. The average molecular weight is 275 g/mol. The van der Waals surface area contributed by atoms with E-state index >= 15 is 0 Å². The van der Waals surface area contributed by atoms with E-state index in [0.29, 0.717) is 0 Å². The van der Waals surface area contributed by atoms with E-state index in [0.717, 1.165) is 37.8 Å². The van der Waals surface area contributed by atoms with Crippen molar-refractivity contribution in [3.05, 3.63) is 46.2 Å². The maximum atomic E-state index is 5.84. The van der Waals surface area contributed by atoms with Crippen LogP contribution in [0.4, 0.5) is 0 Å². The minimum absolute atomic E-state index is 0.0640. The van der Waals surface area contributed by atoms with Crippen LogP contribution in [-0.2, 0) is 11.3 Å². The number of thiophene rings is 1. The summed E-state index contributed by atoms with van der Waals surface area (Å²) < 4.78 is 5.84. The SMILES string of the molecule is Cc1nccc(C2CN(Cc3ccsc3)CCO2)n1. The predicted molar refractivity (Wildman–Crippen MR) is 75.1 cm³/mol. The van der Waals surface area contributed by atoms with Gasteiger partial charge in [-0.05, 0) is 35.4 Å². The molecule has 1 unspecified atom stereocenters. The van der Waals surface area contributed by atoms with Crippen LogP contribution in [0.25, 0.3) is 0 Å². The number of rotatable bonds is 3. The molecule has 3 rings (SSSR count). The Labute approximate surface area is 117 Å². The lowest BCUT2D eigenvalue weighted by atomic mass is 10.2. The zero-order valence-electron chi connectivity index (χ0n) is 11.0. The molecule has 100 valence electrons. The molecule has 1 aliphatic rings. The van der Waals surface area contributed by atoms with Crippen LogP contribution in [0.1, 0.15) is 23.2 Å². The number of hydrogen-bond acceptors (Lipinski definition) is 5. The monoisotopic (exact) mass is 275 g/mol. The molecule has 2 aromatic rings. The molecule has 2 aromatic heterocycles. The van der Waals surface area contributed by atoms with Crippen LogP contribution in [0.15, 0.2) is 29.1 Å². The molecule has 0 saturated carbocycles. The van der Waals surface area contributed by atoms with Crippen molar-refractivity contribution in [1.82, 2.24) is 14.9 Å². The first kappa shape index (κ1) is 12.7. The van der Waals surface area contributed by atoms with E-state index in [1.807, 2.05) is 13.0 Å². The number of aryl methyl sites for hydroxylation is 1. The summed E-state index contributed by atoms with van der Waals surface area (Å²) >= 11 is 1.75. The number of nitrogens with zero attached hydrogens (tertiary/aromatic N) is 3. The Kier molecular flexibility index (Phi) is 3.87. The van der Waals surface area contributed by atoms with Crippen molar-refractivity contribution in [2.45, 2.75) is 19.6 Å². The molecule has 4 nitrogen and oxygen atoms in total. The third-order valence-electron chi connectivity index (χ3n) is 3.26. The predicted octanol–water partition coefficient (Wildman–Crippen LogP) is 2.42. The zero-order valence-corrected chi connectivity index (χ0v) is 11.8. The average Bonchev–Trinajstić information content (AvgIpc) is 2.92. The summed E-state index contributed by atoms with van der Waals surface area (Å²) in [6.07, 6.45) is 1.87. The second-order valence-electron chi connectivity index (χ2n) is 4.75. The van der Waals surface area contributed by atoms with Crippen molar-refractivity contribution in [3.63, 3.8) is 0 Å². The highest BCUT2D eigenvalue weighted by Crippen LogP contribution is 2.22. The fourth-order valence-electron chi connectivity index (χ4n) is 2.32. The fraction of sp³-hybridized carbons (Fsp3) is 0.429. The summed E-state index contributed by atoms with van der Waals surface area (Å²) in [6.45, 7) is 5.55. The second kappa shape index (κ2) is 5.77. The fourth-order valence-corrected chi connectivity index (χ4v) is 2.98. The Morgan fingerprint density at radius 2 is 2.42 bits per heavy atom. The van der Waals surface area contributed by atoms with Crippen molar-refractivity contribution in [2.24, 2.45) is 0 Å². The molecule has 0 bridgehead atoms. The molecule has 1 aliphatic heterocycles. The minimum Gasteiger partial charge on any atom is -0.369 e. The maximum absolute atomic E-state index is 5.84. The largest absolute Gasteiger partial charge is 0.369 e. The Morgan fingerprint density at radius 1 is 1.47 bits per heavy atom. The molecule has 1 atom stereocenters. The number of morpholine rings is 1. The van der Waals surface area contributed by atoms with Crippen molar-refractivity contribution >= 4 is 11.3 Å². The molecule has 0 amide bonds. The van der Waals surface area contributed by atoms with Crippen LogP contribution < -0.4 is 0 Å². The second-order valence-corrected chi connectivity index (χ2v) is 5.53. The van der Waals surface area contributed by atoms with Gasteiger partial charge in [-0.2, -0.15) is 11.3 Å². The topological polar surface area (TPSA) is 38.2 Å². The zero-order chi connectivity index (χ0) is 13.1. The quantitative estimate of drug-likeness (QED) is 0.862. The van der Waals surface area contributed by atoms with Gasteiger partial charge in [0.25, 0.3) is 0 Å². The summed E-state index contributed by atoms with van der Waals surface area (Å²) in [6, 6.07) is 4.13. The van der Waals surface area contributed by atoms with Crippen LogP contribution in [0.2, 0.25) is 0 Å². The van der Waals surface area contributed by atoms with Gasteiger partial charge in [0.1, 0.15) is 11.9 Å². The van der Waals surface area contributed by atoms with Crippen molar-refractivity contribution in [3.8, 4) is 0 Å². The smallest absolute Gasteiger partial charge is 0.125 e. The lowest BCUT2D eigenvalue weighted by Gasteiger charge is -2.32. The van der Waals surface area contributed by atoms with Crippen LogP contribution in [-0.4, -0.2) is 34.6 Å². The lowest BCUT2D eigenvalue weighted by Crippen LogP contribution is -2.38. The first-order chi connectivity index (χ1) is 9.31. The van der Waals surface area contributed by atoms with Crippen LogP contribution in [0.5, 0.6) is 0 Å². The molecule has 1 fully saturated rings. The summed E-state index contributed by atoms with van der Waals surface area (Å²) in [5.74, 6) is 0.802. The first-order valence-electron chi connectivity index (χ1n) is 6.46. The summed E-state index contributed by atoms with van der Waals surface area (Å²) in [5.41, 5.74) is 2.37. The Morgan fingerprint density at radius 3 is 3.21 bits per heavy atom. The molecule has 0 N–H and O–H groups in total. The van der Waals surface area contributed by atoms with E-state index in [2.05, 4.69) is 31.7 Å². The molecule has 0 aromatic carbocycles. The summed E-state index contributed by atoms with van der Waals surface area (Å²) in [5, 5.41) is 4.33. The van der Waals surface area contributed by atoms with E-state index in [4.69, 9.17) is 4.74 Å². The van der Waals surface area contributed by atoms with Crippen molar-refractivity contribution < 1.29 is 4.74 Å². The van der Waals surface area contributed by atoms with E-state index in [-0.39, 0.29) is 6.10 Å². The highest BCUT2D eigenvalue weighted by Gasteiger charge is 2.23. The first-order valence-corrected chi connectivity index (χ1v) is 7.40. The third-order valence-corrected chi connectivity index (χ3v) is 4.00. The van der Waals surface area contributed by atoms with Gasteiger partial charge in [0.2, 0.25) is 0 Å². The van der Waals surface area contributed by atoms with Gasteiger partial charge in [-0.25, -0.2) is 9.97 Å². The molecule has 1 saturated heterocycles. The highest BCUT2D eigenvalue weighted by atomic mass is 32.1. The van der Waals surface area contributed by atoms with E-state index in [1.54, 1.807) is 17.5 Å². The van der Waals surface area contributed by atoms with Gasteiger partial charge in [-0.3, -0.25) is 4.90 Å². The van der Waals surface area contributed by atoms with Crippen molar-refractivity contribution in [1.29, 1.82) is 0 Å². The minimum atomic E-state index is 0.0640. The van der Waals surface area contributed by atoms with E-state index in [9.17, 15) is 0 Å². The van der Waals surface area contributed by atoms with Gasteiger partial charge in [0.15, 0.2) is 0 Å². The number of hydrogen-bond donors (Lipinski definition) is 0. The molecular weight excluding hydrogens is 258 g/mol. The van der Waals surface area contributed by atoms with E-state index < -0.39 is 0 Å². The standard InChI is InChI=1S/C14H17N3OS/c1-11-15-4-2-13(16-11)14-9-17(5-6-18-14)8-12-3-7-19-10-12/h2-4,7,10,14H,5-6,8-9H2,1H3. The molecule has 0 spiro atoms.